The van der Waals surface area contributed by atoms with Gasteiger partial charge in [-0.2, -0.15) is 13.2 Å². The van der Waals surface area contributed by atoms with Gasteiger partial charge >= 0.3 is 6.18 Å². The lowest BCUT2D eigenvalue weighted by Crippen LogP contribution is -2.18. The van der Waals surface area contributed by atoms with Crippen molar-refractivity contribution < 1.29 is 13.2 Å². The van der Waals surface area contributed by atoms with E-state index in [-0.39, 0.29) is 5.65 Å². The molecule has 0 spiro atoms. The largest absolute Gasteiger partial charge is 0.417 e. The molecule has 0 aliphatic carbocycles. The average Bonchev–Trinajstić information content (AvgIpc) is 2.68. The lowest BCUT2D eigenvalue weighted by molar-refractivity contribution is -0.136. The summed E-state index contributed by atoms with van der Waals surface area (Å²) in [6, 6.07) is 19.6. The number of nitrogens with one attached hydrogen (secondary N) is 1. The van der Waals surface area contributed by atoms with Gasteiger partial charge in [-0.25, -0.2) is 4.98 Å². The molecular formula is C21H13F3N3O. The Labute approximate surface area is 157 Å². The lowest BCUT2D eigenvalue weighted by atomic mass is 10.1. The van der Waals surface area contributed by atoms with Gasteiger partial charge in [0, 0.05) is 17.4 Å². The van der Waals surface area contributed by atoms with E-state index in [9.17, 15) is 18.0 Å². The maximum Gasteiger partial charge on any atom is 0.417 e. The van der Waals surface area contributed by atoms with Gasteiger partial charge in [0.2, 0.25) is 0 Å². The number of hydrogen-bond acceptors (Lipinski definition) is 3. The highest BCUT2D eigenvalue weighted by Crippen LogP contribution is 2.34. The molecule has 2 heterocycles. The first kappa shape index (κ1) is 17.8. The number of aromatic nitrogens is 2. The Hall–Kier alpha value is -3.61. The van der Waals surface area contributed by atoms with Crippen LogP contribution in [0.25, 0.3) is 16.7 Å². The minimum atomic E-state index is -4.69. The van der Waals surface area contributed by atoms with Gasteiger partial charge in [0.15, 0.2) is 11.1 Å². The first-order valence-corrected chi connectivity index (χ1v) is 8.37. The van der Waals surface area contributed by atoms with E-state index in [1.165, 1.54) is 4.57 Å². The molecular weight excluding hydrogens is 367 g/mol. The Morgan fingerprint density at radius 3 is 2.25 bits per heavy atom. The molecule has 4 aromatic rings. The van der Waals surface area contributed by atoms with Gasteiger partial charge in [0.1, 0.15) is 5.82 Å². The van der Waals surface area contributed by atoms with Crippen LogP contribution in [0.5, 0.6) is 0 Å². The Bertz CT molecular complexity index is 1190. The summed E-state index contributed by atoms with van der Waals surface area (Å²) in [6.07, 6.45) is -2.41. The van der Waals surface area contributed by atoms with Gasteiger partial charge in [-0.05, 0) is 30.3 Å². The van der Waals surface area contributed by atoms with Crippen LogP contribution in [-0.2, 0) is 6.18 Å². The molecule has 1 radical (unpaired) electrons. The Balaban J connectivity index is 2.06. The molecule has 4 nitrogen and oxygen atoms in total. The van der Waals surface area contributed by atoms with E-state index in [4.69, 9.17) is 0 Å². The van der Waals surface area contributed by atoms with Crippen LogP contribution in [0, 0.1) is 6.20 Å². The third-order valence-electron chi connectivity index (χ3n) is 4.21. The summed E-state index contributed by atoms with van der Waals surface area (Å²) in [7, 11) is 0. The molecule has 1 N–H and O–H groups in total. The second-order valence-electron chi connectivity index (χ2n) is 6.05. The molecule has 0 aliphatic heterocycles. The summed E-state index contributed by atoms with van der Waals surface area (Å²) in [5.41, 5.74) is -0.701. The highest BCUT2D eigenvalue weighted by Gasteiger charge is 2.34. The quantitative estimate of drug-likeness (QED) is 0.547. The van der Waals surface area contributed by atoms with Crippen LogP contribution in [0.4, 0.5) is 24.7 Å². The predicted molar refractivity (Wildman–Crippen MR) is 101 cm³/mol. The van der Waals surface area contributed by atoms with Crippen molar-refractivity contribution in [2.45, 2.75) is 6.18 Å². The van der Waals surface area contributed by atoms with Gasteiger partial charge in [-0.15, -0.1) is 0 Å². The lowest BCUT2D eigenvalue weighted by Gasteiger charge is -2.19. The number of fused-ring (bicyclic) bond motifs is 1. The summed E-state index contributed by atoms with van der Waals surface area (Å²) < 4.78 is 41.9. The molecule has 0 amide bonds. The van der Waals surface area contributed by atoms with E-state index in [0.717, 1.165) is 6.07 Å². The maximum atomic E-state index is 13.5. The minimum absolute atomic E-state index is 0.119. The van der Waals surface area contributed by atoms with E-state index in [2.05, 4.69) is 16.5 Å². The molecule has 0 atom stereocenters. The number of rotatable bonds is 3. The van der Waals surface area contributed by atoms with Crippen molar-refractivity contribution in [2.24, 2.45) is 0 Å². The molecule has 0 fully saturated rings. The third kappa shape index (κ3) is 3.22. The van der Waals surface area contributed by atoms with Crippen molar-refractivity contribution in [3.8, 4) is 5.69 Å². The van der Waals surface area contributed by atoms with Crippen molar-refractivity contribution in [3.05, 3.63) is 94.8 Å². The van der Waals surface area contributed by atoms with Crippen molar-refractivity contribution in [3.63, 3.8) is 0 Å². The molecule has 28 heavy (non-hydrogen) atoms. The average molecular weight is 380 g/mol. The van der Waals surface area contributed by atoms with Crippen molar-refractivity contribution in [2.75, 3.05) is 5.32 Å². The van der Waals surface area contributed by atoms with Gasteiger partial charge in [-0.1, -0.05) is 36.4 Å². The van der Waals surface area contributed by atoms with E-state index in [1.807, 2.05) is 18.2 Å². The fraction of sp³-hybridized carbons (Fsp3) is 0.0476. The zero-order valence-electron chi connectivity index (χ0n) is 14.4. The molecule has 4 rings (SSSR count). The number of alkyl halides is 3. The summed E-state index contributed by atoms with van der Waals surface area (Å²) in [4.78, 5) is 16.6. The highest BCUT2D eigenvalue weighted by atomic mass is 19.4. The summed E-state index contributed by atoms with van der Waals surface area (Å²) in [5.74, 6) is 0.301. The van der Waals surface area contributed by atoms with Crippen LogP contribution < -0.4 is 10.7 Å². The number of para-hydroxylation sites is 2. The number of halogens is 3. The van der Waals surface area contributed by atoms with Gasteiger partial charge < -0.3 is 5.32 Å². The fourth-order valence-corrected chi connectivity index (χ4v) is 3.01. The minimum Gasteiger partial charge on any atom is -0.341 e. The zero-order chi connectivity index (χ0) is 19.7. The van der Waals surface area contributed by atoms with Crippen molar-refractivity contribution in [1.82, 2.24) is 9.55 Å². The van der Waals surface area contributed by atoms with Crippen molar-refractivity contribution in [1.29, 1.82) is 0 Å². The molecule has 0 saturated carbocycles. The number of nitrogens with zero attached hydrogens (tertiary/aromatic N) is 2. The van der Waals surface area contributed by atoms with Gasteiger partial charge in [0.25, 0.3) is 0 Å². The normalized spacial score (nSPS) is 11.5. The Morgan fingerprint density at radius 1 is 0.964 bits per heavy atom. The topological polar surface area (TPSA) is 46.9 Å². The van der Waals surface area contributed by atoms with Crippen LogP contribution in [0.15, 0.2) is 77.6 Å². The van der Waals surface area contributed by atoms with Crippen LogP contribution in [0.3, 0.4) is 0 Å². The SMILES string of the molecule is O=c1cc(Nc2ccccc2)n(-c2ccccc2)c2n[c]cc(C(F)(F)F)c12. The third-order valence-corrected chi connectivity index (χ3v) is 4.21. The first-order chi connectivity index (χ1) is 13.4. The maximum absolute atomic E-state index is 13.5. The number of anilines is 2. The smallest absolute Gasteiger partial charge is 0.341 e. The summed E-state index contributed by atoms with van der Waals surface area (Å²) in [5, 5.41) is 2.60. The zero-order valence-corrected chi connectivity index (χ0v) is 14.4. The number of hydrogen-bond donors (Lipinski definition) is 1. The Kier molecular flexibility index (Phi) is 4.35. The van der Waals surface area contributed by atoms with E-state index in [1.54, 1.807) is 42.5 Å². The Morgan fingerprint density at radius 2 is 1.61 bits per heavy atom. The second-order valence-corrected chi connectivity index (χ2v) is 6.05. The molecule has 139 valence electrons. The van der Waals surface area contributed by atoms with Crippen LogP contribution in [0.2, 0.25) is 0 Å². The first-order valence-electron chi connectivity index (χ1n) is 8.37. The number of pyridine rings is 2. The molecule has 2 aromatic heterocycles. The fourth-order valence-electron chi connectivity index (χ4n) is 3.01. The van der Waals surface area contributed by atoms with Crippen LogP contribution >= 0.6 is 0 Å². The molecule has 0 aliphatic rings. The molecule has 0 saturated heterocycles. The molecule has 0 bridgehead atoms. The standard InChI is InChI=1S/C21H13F3N3O/c22-21(23,24)16-11-12-25-20-19(16)17(28)13-18(26-14-7-3-1-4-8-14)27(20)15-9-5-2-6-10-15/h1-11,13,26H. The summed E-state index contributed by atoms with van der Waals surface area (Å²) >= 11 is 0. The molecule has 0 unspecified atom stereocenters. The van der Waals surface area contributed by atoms with Crippen LogP contribution in [-0.4, -0.2) is 9.55 Å². The van der Waals surface area contributed by atoms with E-state index >= 15 is 0 Å². The number of benzene rings is 2. The van der Waals surface area contributed by atoms with E-state index in [0.29, 0.717) is 23.3 Å². The van der Waals surface area contributed by atoms with Crippen molar-refractivity contribution >= 4 is 22.5 Å². The van der Waals surface area contributed by atoms with Gasteiger partial charge in [-0.3, -0.25) is 9.36 Å². The van der Waals surface area contributed by atoms with Gasteiger partial charge in [0.05, 0.1) is 17.1 Å². The molecule has 2 aromatic carbocycles. The van der Waals surface area contributed by atoms with E-state index < -0.39 is 22.6 Å². The van der Waals surface area contributed by atoms with Crippen LogP contribution in [0.1, 0.15) is 5.56 Å². The highest BCUT2D eigenvalue weighted by molar-refractivity contribution is 5.84. The monoisotopic (exact) mass is 380 g/mol. The molecule has 7 heteroatoms. The second kappa shape index (κ2) is 6.84. The summed E-state index contributed by atoms with van der Waals surface area (Å²) in [6.45, 7) is 0. The predicted octanol–water partition coefficient (Wildman–Crippen LogP) is 4.95.